The van der Waals surface area contributed by atoms with E-state index in [1.807, 2.05) is 30.5 Å². The molecule has 132 valence electrons. The second kappa shape index (κ2) is 7.16. The Morgan fingerprint density at radius 1 is 1.08 bits per heavy atom. The van der Waals surface area contributed by atoms with Crippen LogP contribution in [0.25, 0.3) is 10.9 Å². The Morgan fingerprint density at radius 3 is 2.64 bits per heavy atom. The van der Waals surface area contributed by atoms with Crippen molar-refractivity contribution in [1.29, 1.82) is 0 Å². The zero-order valence-electron chi connectivity index (χ0n) is 14.1. The Kier molecular flexibility index (Phi) is 4.96. The molecule has 1 aromatic heterocycles. The summed E-state index contributed by atoms with van der Waals surface area (Å²) in [6.45, 7) is 0.282. The lowest BCUT2D eigenvalue weighted by Gasteiger charge is -2.12. The highest BCUT2D eigenvalue weighted by Gasteiger charge is 2.20. The van der Waals surface area contributed by atoms with E-state index in [1.165, 1.54) is 20.3 Å². The van der Waals surface area contributed by atoms with E-state index in [0.717, 1.165) is 16.5 Å². The molecule has 2 aromatic carbocycles. The molecule has 0 saturated carbocycles. The summed E-state index contributed by atoms with van der Waals surface area (Å²) in [7, 11) is -0.781. The van der Waals surface area contributed by atoms with Gasteiger partial charge < -0.3 is 14.5 Å². The lowest BCUT2D eigenvalue weighted by Crippen LogP contribution is -2.26. The van der Waals surface area contributed by atoms with Gasteiger partial charge in [0.15, 0.2) is 0 Å². The molecule has 2 N–H and O–H groups in total. The van der Waals surface area contributed by atoms with Crippen LogP contribution >= 0.6 is 0 Å². The molecule has 0 aliphatic carbocycles. The number of ether oxygens (including phenoxy) is 2. The molecule has 0 aliphatic rings. The molecule has 0 fully saturated rings. The van der Waals surface area contributed by atoms with Crippen molar-refractivity contribution in [1.82, 2.24) is 9.71 Å². The van der Waals surface area contributed by atoms with Crippen LogP contribution in [0.4, 0.5) is 0 Å². The SMILES string of the molecule is COc1ccc(OC)c(S(=O)(=O)NCCc2c[nH]c3ccccc23)c1. The molecule has 3 rings (SSSR count). The van der Waals surface area contributed by atoms with Gasteiger partial charge in [-0.2, -0.15) is 0 Å². The van der Waals surface area contributed by atoms with Gasteiger partial charge in [0, 0.05) is 29.7 Å². The first-order chi connectivity index (χ1) is 12.0. The fraction of sp³-hybridized carbons (Fsp3) is 0.222. The molecular formula is C18H20N2O4S. The summed E-state index contributed by atoms with van der Waals surface area (Å²) in [4.78, 5) is 3.25. The van der Waals surface area contributed by atoms with Crippen molar-refractivity contribution in [2.75, 3.05) is 20.8 Å². The molecule has 25 heavy (non-hydrogen) atoms. The fourth-order valence-electron chi connectivity index (χ4n) is 2.73. The van der Waals surface area contributed by atoms with Crippen molar-refractivity contribution >= 4 is 20.9 Å². The van der Waals surface area contributed by atoms with Gasteiger partial charge in [0.2, 0.25) is 10.0 Å². The number of benzene rings is 2. The maximum Gasteiger partial charge on any atom is 0.244 e. The van der Waals surface area contributed by atoms with Gasteiger partial charge in [-0.25, -0.2) is 13.1 Å². The van der Waals surface area contributed by atoms with Crippen molar-refractivity contribution in [3.05, 3.63) is 54.2 Å². The molecule has 0 amide bonds. The van der Waals surface area contributed by atoms with E-state index in [2.05, 4.69) is 9.71 Å². The smallest absolute Gasteiger partial charge is 0.244 e. The maximum absolute atomic E-state index is 12.6. The highest BCUT2D eigenvalue weighted by atomic mass is 32.2. The second-order valence-electron chi connectivity index (χ2n) is 5.52. The molecule has 0 bridgehead atoms. The van der Waals surface area contributed by atoms with Crippen LogP contribution in [0.3, 0.4) is 0 Å². The third kappa shape index (κ3) is 3.62. The number of aromatic nitrogens is 1. The van der Waals surface area contributed by atoms with Gasteiger partial charge in [0.25, 0.3) is 0 Å². The number of H-pyrrole nitrogens is 1. The van der Waals surface area contributed by atoms with E-state index in [-0.39, 0.29) is 17.2 Å². The standard InChI is InChI=1S/C18H20N2O4S/c1-23-14-7-8-17(24-2)18(11-14)25(21,22)20-10-9-13-12-19-16-6-4-3-5-15(13)16/h3-8,11-12,19-20H,9-10H2,1-2H3. The van der Waals surface area contributed by atoms with Crippen LogP contribution in [0.2, 0.25) is 0 Å². The predicted molar refractivity (Wildman–Crippen MR) is 96.7 cm³/mol. The van der Waals surface area contributed by atoms with Crippen LogP contribution in [-0.2, 0) is 16.4 Å². The summed E-state index contributed by atoms with van der Waals surface area (Å²) in [5, 5.41) is 1.10. The van der Waals surface area contributed by atoms with E-state index in [4.69, 9.17) is 9.47 Å². The first-order valence-electron chi connectivity index (χ1n) is 7.82. The van der Waals surface area contributed by atoms with Crippen molar-refractivity contribution in [2.45, 2.75) is 11.3 Å². The zero-order valence-corrected chi connectivity index (χ0v) is 14.9. The van der Waals surface area contributed by atoms with Crippen LogP contribution < -0.4 is 14.2 Å². The molecule has 3 aromatic rings. The average molecular weight is 360 g/mol. The molecule has 0 unspecified atom stereocenters. The molecule has 0 radical (unpaired) electrons. The number of rotatable bonds is 7. The quantitative estimate of drug-likeness (QED) is 0.679. The number of fused-ring (bicyclic) bond motifs is 1. The number of sulfonamides is 1. The first-order valence-corrected chi connectivity index (χ1v) is 9.30. The Morgan fingerprint density at radius 2 is 1.88 bits per heavy atom. The number of para-hydroxylation sites is 1. The maximum atomic E-state index is 12.6. The Hall–Kier alpha value is -2.51. The first kappa shape index (κ1) is 17.3. The third-order valence-corrected chi connectivity index (χ3v) is 5.50. The minimum absolute atomic E-state index is 0.0632. The van der Waals surface area contributed by atoms with Crippen LogP contribution in [0, 0.1) is 0 Å². The summed E-state index contributed by atoms with van der Waals surface area (Å²) >= 11 is 0. The topological polar surface area (TPSA) is 80.4 Å². The summed E-state index contributed by atoms with van der Waals surface area (Å²) < 4.78 is 38.1. The lowest BCUT2D eigenvalue weighted by molar-refractivity contribution is 0.392. The minimum atomic E-state index is -3.71. The van der Waals surface area contributed by atoms with E-state index < -0.39 is 10.0 Å². The summed E-state index contributed by atoms with van der Waals surface area (Å²) in [5.74, 6) is 0.734. The number of nitrogens with one attached hydrogen (secondary N) is 2. The van der Waals surface area contributed by atoms with Crippen LogP contribution in [0.15, 0.2) is 53.6 Å². The van der Waals surface area contributed by atoms with Gasteiger partial charge in [0.1, 0.15) is 16.4 Å². The molecule has 7 heteroatoms. The Labute approximate surface area is 146 Å². The zero-order chi connectivity index (χ0) is 17.9. The normalized spacial score (nSPS) is 11.6. The number of hydrogen-bond donors (Lipinski definition) is 2. The number of methoxy groups -OCH3 is 2. The van der Waals surface area contributed by atoms with Gasteiger partial charge in [-0.05, 0) is 30.2 Å². The van der Waals surface area contributed by atoms with E-state index in [1.54, 1.807) is 12.1 Å². The van der Waals surface area contributed by atoms with Gasteiger partial charge in [-0.15, -0.1) is 0 Å². The lowest BCUT2D eigenvalue weighted by atomic mass is 10.1. The van der Waals surface area contributed by atoms with Crippen LogP contribution in [0.5, 0.6) is 11.5 Å². The molecule has 1 heterocycles. The van der Waals surface area contributed by atoms with Crippen LogP contribution in [0.1, 0.15) is 5.56 Å². The average Bonchev–Trinajstić information content (AvgIpc) is 3.04. The highest BCUT2D eigenvalue weighted by molar-refractivity contribution is 7.89. The van der Waals surface area contributed by atoms with Gasteiger partial charge in [0.05, 0.1) is 14.2 Å². The highest BCUT2D eigenvalue weighted by Crippen LogP contribution is 2.28. The van der Waals surface area contributed by atoms with E-state index >= 15 is 0 Å². The monoisotopic (exact) mass is 360 g/mol. The largest absolute Gasteiger partial charge is 0.497 e. The molecular weight excluding hydrogens is 340 g/mol. The summed E-state index contributed by atoms with van der Waals surface area (Å²) in [5.41, 5.74) is 2.10. The van der Waals surface area contributed by atoms with Crippen LogP contribution in [-0.4, -0.2) is 34.2 Å². The molecule has 0 spiro atoms. The van der Waals surface area contributed by atoms with Gasteiger partial charge in [-0.3, -0.25) is 0 Å². The summed E-state index contributed by atoms with van der Waals surface area (Å²) in [6, 6.07) is 12.6. The van der Waals surface area contributed by atoms with Crippen molar-refractivity contribution in [2.24, 2.45) is 0 Å². The van der Waals surface area contributed by atoms with E-state index in [0.29, 0.717) is 12.2 Å². The third-order valence-electron chi connectivity index (χ3n) is 4.02. The number of hydrogen-bond acceptors (Lipinski definition) is 4. The fourth-order valence-corrected chi connectivity index (χ4v) is 3.94. The van der Waals surface area contributed by atoms with Crippen molar-refractivity contribution < 1.29 is 17.9 Å². The number of aromatic amines is 1. The van der Waals surface area contributed by atoms with Crippen molar-refractivity contribution in [3.63, 3.8) is 0 Å². The Bertz CT molecular complexity index is 980. The van der Waals surface area contributed by atoms with Gasteiger partial charge in [-0.1, -0.05) is 18.2 Å². The van der Waals surface area contributed by atoms with Crippen molar-refractivity contribution in [3.8, 4) is 11.5 Å². The second-order valence-corrected chi connectivity index (χ2v) is 7.26. The van der Waals surface area contributed by atoms with E-state index in [9.17, 15) is 8.42 Å². The predicted octanol–water partition coefficient (Wildman–Crippen LogP) is 2.71. The molecule has 0 aliphatic heterocycles. The van der Waals surface area contributed by atoms with Gasteiger partial charge >= 0.3 is 0 Å². The summed E-state index contributed by atoms with van der Waals surface area (Å²) in [6.07, 6.45) is 2.49. The molecule has 0 atom stereocenters. The Balaban J connectivity index is 1.76. The molecule has 0 saturated heterocycles. The minimum Gasteiger partial charge on any atom is -0.497 e. The molecule has 6 nitrogen and oxygen atoms in total.